The van der Waals surface area contributed by atoms with Gasteiger partial charge in [0, 0.05) is 24.8 Å². The molecule has 0 spiro atoms. The molecular weight excluding hydrogens is 264 g/mol. The third kappa shape index (κ3) is 2.26. The largest absolute Gasteiger partial charge is 0.488 e. The van der Waals surface area contributed by atoms with Gasteiger partial charge >= 0.3 is 0 Å². The van der Waals surface area contributed by atoms with Crippen LogP contribution in [0.15, 0.2) is 42.5 Å². The molecule has 4 heteroatoms. The maximum absolute atomic E-state index is 11.4. The Balaban J connectivity index is 2.24. The van der Waals surface area contributed by atoms with Gasteiger partial charge < -0.3 is 20.5 Å². The second-order valence-corrected chi connectivity index (χ2v) is 5.30. The highest BCUT2D eigenvalue weighted by Crippen LogP contribution is 2.40. The molecule has 0 aromatic heterocycles. The number of nitrogens with one attached hydrogen (secondary N) is 2. The Labute approximate surface area is 124 Å². The average Bonchev–Trinajstić information content (AvgIpc) is 2.64. The van der Waals surface area contributed by atoms with Crippen LogP contribution in [0.4, 0.5) is 5.69 Å². The number of aliphatic hydroxyl groups is 1. The summed E-state index contributed by atoms with van der Waals surface area (Å²) >= 11 is 0. The summed E-state index contributed by atoms with van der Waals surface area (Å²) in [6.45, 7) is 0.885. The number of rotatable bonds is 3. The van der Waals surface area contributed by atoms with Crippen molar-refractivity contribution in [3.63, 3.8) is 0 Å². The van der Waals surface area contributed by atoms with Crippen LogP contribution in [-0.2, 0) is 12.2 Å². The number of para-hydroxylation sites is 1. The van der Waals surface area contributed by atoms with E-state index in [0.717, 1.165) is 28.1 Å². The van der Waals surface area contributed by atoms with Crippen LogP contribution in [0.2, 0.25) is 0 Å². The van der Waals surface area contributed by atoms with E-state index in [2.05, 4.69) is 10.6 Å². The summed E-state index contributed by atoms with van der Waals surface area (Å²) in [5.74, 6) is 0.734. The maximum Gasteiger partial charge on any atom is 0.131 e. The van der Waals surface area contributed by atoms with Crippen LogP contribution in [0, 0.1) is 0 Å². The Morgan fingerprint density at radius 2 is 1.95 bits per heavy atom. The molecule has 4 nitrogen and oxygen atoms in total. The lowest BCUT2D eigenvalue weighted by molar-refractivity contribution is 0.0816. The van der Waals surface area contributed by atoms with Crippen molar-refractivity contribution in [1.82, 2.24) is 5.32 Å². The fourth-order valence-corrected chi connectivity index (χ4v) is 2.92. The van der Waals surface area contributed by atoms with Crippen molar-refractivity contribution in [2.75, 3.05) is 26.0 Å². The molecule has 110 valence electrons. The van der Waals surface area contributed by atoms with Crippen LogP contribution >= 0.6 is 0 Å². The van der Waals surface area contributed by atoms with Gasteiger partial charge in [-0.05, 0) is 36.4 Å². The first-order chi connectivity index (χ1) is 10.2. The Kier molecular flexibility index (Phi) is 3.57. The molecule has 2 aromatic rings. The lowest BCUT2D eigenvalue weighted by Crippen LogP contribution is -2.38. The number of ether oxygens (including phenoxy) is 1. The highest BCUT2D eigenvalue weighted by Gasteiger charge is 2.37. The summed E-state index contributed by atoms with van der Waals surface area (Å²) in [7, 11) is 3.72. The number of hydrogen-bond donors (Lipinski definition) is 3. The maximum atomic E-state index is 11.4. The van der Waals surface area contributed by atoms with E-state index >= 15 is 0 Å². The third-order valence-electron chi connectivity index (χ3n) is 3.99. The number of hydrogen-bond acceptors (Lipinski definition) is 4. The molecule has 0 fully saturated rings. The monoisotopic (exact) mass is 284 g/mol. The van der Waals surface area contributed by atoms with Crippen LogP contribution in [0.25, 0.3) is 0 Å². The number of benzene rings is 2. The van der Waals surface area contributed by atoms with Crippen molar-refractivity contribution in [3.8, 4) is 5.75 Å². The van der Waals surface area contributed by atoms with Gasteiger partial charge in [0.25, 0.3) is 0 Å². The van der Waals surface area contributed by atoms with Crippen molar-refractivity contribution in [3.05, 3.63) is 59.2 Å². The Morgan fingerprint density at radius 3 is 2.71 bits per heavy atom. The first kappa shape index (κ1) is 13.9. The molecule has 0 bridgehead atoms. The van der Waals surface area contributed by atoms with Gasteiger partial charge in [-0.25, -0.2) is 0 Å². The van der Waals surface area contributed by atoms with Crippen molar-refractivity contribution >= 4 is 5.69 Å². The smallest absolute Gasteiger partial charge is 0.131 e. The predicted molar refractivity (Wildman–Crippen MR) is 83.7 cm³/mol. The fraction of sp³-hybridized carbons (Fsp3) is 0.294. The summed E-state index contributed by atoms with van der Waals surface area (Å²) in [6, 6.07) is 13.7. The van der Waals surface area contributed by atoms with Gasteiger partial charge in [0.15, 0.2) is 0 Å². The minimum Gasteiger partial charge on any atom is -0.488 e. The van der Waals surface area contributed by atoms with E-state index in [1.54, 1.807) is 0 Å². The molecule has 0 amide bonds. The number of likely N-dealkylation sites (N-methyl/N-ethyl adjacent to an activating group) is 1. The highest BCUT2D eigenvalue weighted by atomic mass is 16.5. The quantitative estimate of drug-likeness (QED) is 0.808. The summed E-state index contributed by atoms with van der Waals surface area (Å²) in [5, 5.41) is 17.6. The number of anilines is 1. The molecule has 1 atom stereocenters. The van der Waals surface area contributed by atoms with Gasteiger partial charge in [0.1, 0.15) is 18.0 Å². The summed E-state index contributed by atoms with van der Waals surface area (Å²) < 4.78 is 5.88. The molecule has 0 saturated carbocycles. The zero-order valence-electron chi connectivity index (χ0n) is 12.3. The molecule has 1 heterocycles. The van der Waals surface area contributed by atoms with E-state index < -0.39 is 5.60 Å². The SMILES string of the molecule is CNCC1(O)c2cc(NC)ccc2COc2ccccc21. The Hall–Kier alpha value is -2.04. The van der Waals surface area contributed by atoms with Crippen molar-refractivity contribution in [2.45, 2.75) is 12.2 Å². The highest BCUT2D eigenvalue weighted by molar-refractivity contribution is 5.56. The molecule has 0 saturated heterocycles. The van der Waals surface area contributed by atoms with Gasteiger partial charge in [-0.2, -0.15) is 0 Å². The van der Waals surface area contributed by atoms with Crippen LogP contribution in [0.3, 0.4) is 0 Å². The van der Waals surface area contributed by atoms with Crippen molar-refractivity contribution in [1.29, 1.82) is 0 Å². The predicted octanol–water partition coefficient (Wildman–Crippen LogP) is 2.08. The van der Waals surface area contributed by atoms with Gasteiger partial charge in [0.05, 0.1) is 0 Å². The molecule has 0 radical (unpaired) electrons. The molecule has 3 rings (SSSR count). The van der Waals surface area contributed by atoms with Gasteiger partial charge in [-0.15, -0.1) is 0 Å². The van der Waals surface area contributed by atoms with Crippen LogP contribution in [0.5, 0.6) is 5.75 Å². The van der Waals surface area contributed by atoms with Gasteiger partial charge in [0.2, 0.25) is 0 Å². The van der Waals surface area contributed by atoms with Crippen molar-refractivity contribution in [2.24, 2.45) is 0 Å². The molecule has 2 aromatic carbocycles. The summed E-state index contributed by atoms with van der Waals surface area (Å²) in [4.78, 5) is 0. The average molecular weight is 284 g/mol. The van der Waals surface area contributed by atoms with Gasteiger partial charge in [-0.1, -0.05) is 24.3 Å². The van der Waals surface area contributed by atoms with Crippen LogP contribution in [-0.4, -0.2) is 25.7 Å². The van der Waals surface area contributed by atoms with Crippen LogP contribution < -0.4 is 15.4 Å². The Bertz CT molecular complexity index is 657. The van der Waals surface area contributed by atoms with E-state index in [0.29, 0.717) is 13.2 Å². The standard InChI is InChI=1S/C17H20N2O2/c1-18-11-17(20)14-5-3-4-6-16(14)21-10-12-7-8-13(19-2)9-15(12)17/h3-9,18-20H,10-11H2,1-2H3. The molecule has 1 aliphatic heterocycles. The van der Waals surface area contributed by atoms with Crippen LogP contribution in [0.1, 0.15) is 16.7 Å². The third-order valence-corrected chi connectivity index (χ3v) is 3.99. The summed E-state index contributed by atoms with van der Waals surface area (Å²) in [5.41, 5.74) is 2.55. The van der Waals surface area contributed by atoms with E-state index in [1.807, 2.05) is 56.6 Å². The zero-order valence-corrected chi connectivity index (χ0v) is 12.3. The first-order valence-electron chi connectivity index (χ1n) is 7.09. The lowest BCUT2D eigenvalue weighted by atomic mass is 9.83. The summed E-state index contributed by atoms with van der Waals surface area (Å²) in [6.07, 6.45) is 0. The molecule has 1 aliphatic rings. The molecule has 21 heavy (non-hydrogen) atoms. The van der Waals surface area contributed by atoms with Crippen molar-refractivity contribution < 1.29 is 9.84 Å². The van der Waals surface area contributed by atoms with E-state index in [1.165, 1.54) is 0 Å². The minimum atomic E-state index is -1.11. The topological polar surface area (TPSA) is 53.5 Å². The number of fused-ring (bicyclic) bond motifs is 2. The molecule has 1 unspecified atom stereocenters. The fourth-order valence-electron chi connectivity index (χ4n) is 2.92. The van der Waals surface area contributed by atoms with E-state index in [9.17, 15) is 5.11 Å². The zero-order chi connectivity index (χ0) is 14.9. The molecule has 0 aliphatic carbocycles. The minimum absolute atomic E-state index is 0.424. The van der Waals surface area contributed by atoms with Gasteiger partial charge in [-0.3, -0.25) is 0 Å². The second kappa shape index (κ2) is 5.39. The Morgan fingerprint density at radius 1 is 1.14 bits per heavy atom. The normalized spacial score (nSPS) is 20.0. The second-order valence-electron chi connectivity index (χ2n) is 5.30. The van der Waals surface area contributed by atoms with E-state index in [-0.39, 0.29) is 0 Å². The first-order valence-corrected chi connectivity index (χ1v) is 7.09. The van der Waals surface area contributed by atoms with E-state index in [4.69, 9.17) is 4.74 Å². The lowest BCUT2D eigenvalue weighted by Gasteiger charge is -2.30. The molecule has 3 N–H and O–H groups in total. The molecular formula is C17H20N2O2.